The lowest BCUT2D eigenvalue weighted by Crippen LogP contribution is -2.28. The quantitative estimate of drug-likeness (QED) is 0.561. The van der Waals surface area contributed by atoms with E-state index in [0.29, 0.717) is 13.2 Å². The predicted octanol–water partition coefficient (Wildman–Crippen LogP) is 1.53. The average molecular weight is 347 g/mol. The molecule has 20 heavy (non-hydrogen) atoms. The van der Waals surface area contributed by atoms with Gasteiger partial charge < -0.3 is 25.2 Å². The second-order valence-electron chi connectivity index (χ2n) is 4.18. The fraction of sp³-hybridized carbons (Fsp3) is 0.571. The van der Waals surface area contributed by atoms with Gasteiger partial charge in [-0.3, -0.25) is 0 Å². The highest BCUT2D eigenvalue weighted by atomic mass is 79.9. The van der Waals surface area contributed by atoms with Crippen molar-refractivity contribution in [2.24, 2.45) is 0 Å². The first-order chi connectivity index (χ1) is 9.72. The van der Waals surface area contributed by atoms with Crippen LogP contribution in [0.5, 0.6) is 11.5 Å². The molecular weight excluding hydrogens is 324 g/mol. The summed E-state index contributed by atoms with van der Waals surface area (Å²) in [6.45, 7) is 5.75. The minimum absolute atomic E-state index is 0.168. The van der Waals surface area contributed by atoms with Gasteiger partial charge in [-0.05, 0) is 24.6 Å². The van der Waals surface area contributed by atoms with Gasteiger partial charge in [-0.15, -0.1) is 0 Å². The topological polar surface area (TPSA) is 62.8 Å². The first-order valence-electron chi connectivity index (χ1n) is 6.74. The number of rotatable bonds is 10. The molecule has 1 rings (SSSR count). The molecule has 0 heterocycles. The summed E-state index contributed by atoms with van der Waals surface area (Å²) in [6, 6.07) is 3.91. The molecule has 0 saturated carbocycles. The highest BCUT2D eigenvalue weighted by molar-refractivity contribution is 9.10. The molecule has 0 radical (unpaired) electrons. The van der Waals surface area contributed by atoms with Gasteiger partial charge in [0.2, 0.25) is 0 Å². The minimum Gasteiger partial charge on any atom is -0.493 e. The normalized spacial score (nSPS) is 10.6. The molecule has 0 unspecified atom stereocenters. The molecule has 0 fully saturated rings. The number of halogens is 1. The summed E-state index contributed by atoms with van der Waals surface area (Å²) >= 11 is 3.55. The van der Waals surface area contributed by atoms with Crippen molar-refractivity contribution in [2.45, 2.75) is 13.5 Å². The second-order valence-corrected chi connectivity index (χ2v) is 5.03. The van der Waals surface area contributed by atoms with Crippen molar-refractivity contribution in [2.75, 3.05) is 40.0 Å². The average Bonchev–Trinajstić information content (AvgIpc) is 2.45. The van der Waals surface area contributed by atoms with E-state index in [2.05, 4.69) is 26.6 Å². The standard InChI is InChI=1S/C14H23BrN2O3/c1-3-20-14-9-12(15)11(8-13(14)19-2)10-17-5-4-16-6-7-18/h8-9,16-18H,3-7,10H2,1-2H3. The Morgan fingerprint density at radius 3 is 2.55 bits per heavy atom. The van der Waals surface area contributed by atoms with Gasteiger partial charge >= 0.3 is 0 Å². The molecule has 1 aromatic carbocycles. The van der Waals surface area contributed by atoms with Gasteiger partial charge in [0.25, 0.3) is 0 Å². The Hall–Kier alpha value is -0.820. The van der Waals surface area contributed by atoms with Crippen LogP contribution in [-0.4, -0.2) is 45.1 Å². The number of ether oxygens (including phenoxy) is 2. The summed E-state index contributed by atoms with van der Waals surface area (Å²) in [7, 11) is 1.64. The van der Waals surface area contributed by atoms with E-state index < -0.39 is 0 Å². The van der Waals surface area contributed by atoms with Gasteiger partial charge in [0, 0.05) is 30.7 Å². The number of benzene rings is 1. The third-order valence-corrected chi connectivity index (χ3v) is 3.45. The van der Waals surface area contributed by atoms with Crippen molar-refractivity contribution < 1.29 is 14.6 Å². The SMILES string of the molecule is CCOc1cc(Br)c(CNCCNCCO)cc1OC. The molecule has 0 aliphatic heterocycles. The van der Waals surface area contributed by atoms with Crippen LogP contribution >= 0.6 is 15.9 Å². The van der Waals surface area contributed by atoms with Crippen LogP contribution in [-0.2, 0) is 6.54 Å². The van der Waals surface area contributed by atoms with E-state index in [4.69, 9.17) is 14.6 Å². The molecule has 0 spiro atoms. The first-order valence-corrected chi connectivity index (χ1v) is 7.53. The molecule has 3 N–H and O–H groups in total. The smallest absolute Gasteiger partial charge is 0.162 e. The van der Waals surface area contributed by atoms with Gasteiger partial charge in [0.15, 0.2) is 11.5 Å². The summed E-state index contributed by atoms with van der Waals surface area (Å²) in [5.41, 5.74) is 1.12. The van der Waals surface area contributed by atoms with Gasteiger partial charge in [-0.2, -0.15) is 0 Å². The first kappa shape index (κ1) is 17.2. The maximum Gasteiger partial charge on any atom is 0.162 e. The molecule has 0 amide bonds. The summed E-state index contributed by atoms with van der Waals surface area (Å²) in [5.74, 6) is 1.49. The number of hydrogen-bond acceptors (Lipinski definition) is 5. The molecule has 0 aliphatic rings. The highest BCUT2D eigenvalue weighted by Gasteiger charge is 2.09. The zero-order valence-electron chi connectivity index (χ0n) is 12.0. The lowest BCUT2D eigenvalue weighted by Gasteiger charge is -2.13. The van der Waals surface area contributed by atoms with Crippen molar-refractivity contribution in [3.63, 3.8) is 0 Å². The molecule has 0 aliphatic carbocycles. The van der Waals surface area contributed by atoms with Gasteiger partial charge in [0.1, 0.15) is 0 Å². The lowest BCUT2D eigenvalue weighted by molar-refractivity contribution is 0.292. The number of nitrogens with one attached hydrogen (secondary N) is 2. The van der Waals surface area contributed by atoms with E-state index in [0.717, 1.165) is 41.2 Å². The van der Waals surface area contributed by atoms with E-state index in [-0.39, 0.29) is 6.61 Å². The van der Waals surface area contributed by atoms with Crippen LogP contribution in [0.15, 0.2) is 16.6 Å². The summed E-state index contributed by atoms with van der Waals surface area (Å²) in [4.78, 5) is 0. The Labute approximate surface area is 128 Å². The predicted molar refractivity (Wildman–Crippen MR) is 83.5 cm³/mol. The van der Waals surface area contributed by atoms with Crippen LogP contribution in [0.2, 0.25) is 0 Å². The molecule has 0 bridgehead atoms. The highest BCUT2D eigenvalue weighted by Crippen LogP contribution is 2.33. The fourth-order valence-electron chi connectivity index (χ4n) is 1.74. The molecule has 0 saturated heterocycles. The summed E-state index contributed by atoms with van der Waals surface area (Å²) in [5, 5.41) is 15.1. The Kier molecular flexibility index (Phi) is 8.60. The monoisotopic (exact) mass is 346 g/mol. The van der Waals surface area contributed by atoms with Crippen molar-refractivity contribution in [3.05, 3.63) is 22.2 Å². The number of methoxy groups -OCH3 is 1. The van der Waals surface area contributed by atoms with E-state index in [1.165, 1.54) is 0 Å². The van der Waals surface area contributed by atoms with E-state index in [9.17, 15) is 0 Å². The Balaban J connectivity index is 2.53. The summed E-state index contributed by atoms with van der Waals surface area (Å²) in [6.07, 6.45) is 0. The number of aliphatic hydroxyl groups is 1. The van der Waals surface area contributed by atoms with Crippen LogP contribution in [0.4, 0.5) is 0 Å². The van der Waals surface area contributed by atoms with Crippen LogP contribution in [0.1, 0.15) is 12.5 Å². The van der Waals surface area contributed by atoms with Crippen LogP contribution < -0.4 is 20.1 Å². The van der Waals surface area contributed by atoms with Crippen molar-refractivity contribution >= 4 is 15.9 Å². The number of hydrogen-bond donors (Lipinski definition) is 3. The van der Waals surface area contributed by atoms with Gasteiger partial charge in [0.05, 0.1) is 20.3 Å². The number of aliphatic hydroxyl groups excluding tert-OH is 1. The summed E-state index contributed by atoms with van der Waals surface area (Å²) < 4.78 is 11.9. The zero-order chi connectivity index (χ0) is 14.8. The second kappa shape index (κ2) is 9.99. The fourth-order valence-corrected chi connectivity index (χ4v) is 2.21. The third-order valence-electron chi connectivity index (χ3n) is 2.72. The molecule has 1 aromatic rings. The van der Waals surface area contributed by atoms with E-state index in [1.54, 1.807) is 7.11 Å². The molecule has 6 heteroatoms. The Morgan fingerprint density at radius 1 is 1.15 bits per heavy atom. The maximum atomic E-state index is 8.65. The molecular formula is C14H23BrN2O3. The zero-order valence-corrected chi connectivity index (χ0v) is 13.6. The van der Waals surface area contributed by atoms with E-state index in [1.807, 2.05) is 19.1 Å². The lowest BCUT2D eigenvalue weighted by atomic mass is 10.2. The Bertz CT molecular complexity index is 402. The van der Waals surface area contributed by atoms with Crippen molar-refractivity contribution in [1.29, 1.82) is 0 Å². The van der Waals surface area contributed by atoms with Gasteiger partial charge in [-0.25, -0.2) is 0 Å². The molecule has 0 aromatic heterocycles. The minimum atomic E-state index is 0.168. The third kappa shape index (κ3) is 5.66. The van der Waals surface area contributed by atoms with Crippen molar-refractivity contribution in [3.8, 4) is 11.5 Å². The molecule has 5 nitrogen and oxygen atoms in total. The van der Waals surface area contributed by atoms with E-state index >= 15 is 0 Å². The van der Waals surface area contributed by atoms with Crippen molar-refractivity contribution in [1.82, 2.24) is 10.6 Å². The van der Waals surface area contributed by atoms with Gasteiger partial charge in [-0.1, -0.05) is 15.9 Å². The largest absolute Gasteiger partial charge is 0.493 e. The molecule has 0 atom stereocenters. The maximum absolute atomic E-state index is 8.65. The van der Waals surface area contributed by atoms with Crippen LogP contribution in [0.3, 0.4) is 0 Å². The van der Waals surface area contributed by atoms with Crippen LogP contribution in [0.25, 0.3) is 0 Å². The van der Waals surface area contributed by atoms with Crippen LogP contribution in [0, 0.1) is 0 Å². The Morgan fingerprint density at radius 2 is 1.90 bits per heavy atom. The molecule has 114 valence electrons.